The van der Waals surface area contributed by atoms with Crippen molar-refractivity contribution in [2.45, 2.75) is 26.7 Å². The van der Waals surface area contributed by atoms with Gasteiger partial charge in [-0.05, 0) is 18.8 Å². The summed E-state index contributed by atoms with van der Waals surface area (Å²) in [5.41, 5.74) is 2.22. The van der Waals surface area contributed by atoms with Gasteiger partial charge >= 0.3 is 0 Å². The molecular weight excluding hydrogens is 182 g/mol. The van der Waals surface area contributed by atoms with Gasteiger partial charge in [-0.25, -0.2) is 10.7 Å². The number of hydroxylamine groups is 1. The van der Waals surface area contributed by atoms with Crippen molar-refractivity contribution in [1.29, 1.82) is 0 Å². The van der Waals surface area contributed by atoms with Crippen molar-refractivity contribution in [3.8, 4) is 0 Å². The molecule has 0 radical (unpaired) electrons. The van der Waals surface area contributed by atoms with Crippen molar-refractivity contribution in [3.63, 3.8) is 0 Å². The molecule has 4 N–H and O–H groups in total. The predicted molar refractivity (Wildman–Crippen MR) is 56.1 cm³/mol. The van der Waals surface area contributed by atoms with Gasteiger partial charge in [-0.2, -0.15) is 0 Å². The van der Waals surface area contributed by atoms with E-state index in [0.717, 1.165) is 24.7 Å². The van der Waals surface area contributed by atoms with E-state index in [1.54, 1.807) is 7.05 Å². The van der Waals surface area contributed by atoms with Crippen molar-refractivity contribution in [2.75, 3.05) is 13.6 Å². The average molecular weight is 203 g/mol. The van der Waals surface area contributed by atoms with Gasteiger partial charge in [0.1, 0.15) is 5.82 Å². The van der Waals surface area contributed by atoms with Crippen LogP contribution in [-0.4, -0.2) is 18.8 Å². The molecule has 0 bridgehead atoms. The van der Waals surface area contributed by atoms with Gasteiger partial charge < -0.3 is 10.6 Å². The Morgan fingerprint density at radius 1 is 1.50 bits per heavy atom. The SMILES string of the molecule is CN/C(=C\NOO)NCCCC(C)C. The smallest absolute Gasteiger partial charge is 0.117 e. The van der Waals surface area contributed by atoms with E-state index in [2.05, 4.69) is 34.9 Å². The van der Waals surface area contributed by atoms with Crippen LogP contribution in [0.1, 0.15) is 26.7 Å². The van der Waals surface area contributed by atoms with Gasteiger partial charge in [0.25, 0.3) is 0 Å². The van der Waals surface area contributed by atoms with E-state index >= 15 is 0 Å². The number of rotatable bonds is 8. The Labute approximate surface area is 85.4 Å². The molecule has 0 amide bonds. The number of nitrogens with one attached hydrogen (secondary N) is 3. The minimum atomic E-state index is 0.734. The second kappa shape index (κ2) is 8.65. The molecule has 5 nitrogen and oxygen atoms in total. The summed E-state index contributed by atoms with van der Waals surface area (Å²) in [7, 11) is 1.79. The summed E-state index contributed by atoms with van der Waals surface area (Å²) in [6.07, 6.45) is 3.83. The van der Waals surface area contributed by atoms with Crippen molar-refractivity contribution >= 4 is 0 Å². The highest BCUT2D eigenvalue weighted by atomic mass is 17.2. The third-order valence-electron chi connectivity index (χ3n) is 1.80. The lowest BCUT2D eigenvalue weighted by Crippen LogP contribution is -2.26. The molecule has 0 aromatic heterocycles. The van der Waals surface area contributed by atoms with Gasteiger partial charge in [0.2, 0.25) is 0 Å². The van der Waals surface area contributed by atoms with Crippen LogP contribution >= 0.6 is 0 Å². The summed E-state index contributed by atoms with van der Waals surface area (Å²) in [4.78, 5) is 3.71. The molecule has 0 aliphatic carbocycles. The molecule has 5 heteroatoms. The van der Waals surface area contributed by atoms with Gasteiger partial charge in [-0.15, -0.1) is 4.99 Å². The molecule has 0 aromatic carbocycles. The molecular formula is C9H21N3O2. The highest BCUT2D eigenvalue weighted by Gasteiger charge is 1.95. The third-order valence-corrected chi connectivity index (χ3v) is 1.80. The van der Waals surface area contributed by atoms with Crippen LogP contribution in [0.5, 0.6) is 0 Å². The van der Waals surface area contributed by atoms with Crippen molar-refractivity contribution < 1.29 is 10.2 Å². The lowest BCUT2D eigenvalue weighted by atomic mass is 10.1. The lowest BCUT2D eigenvalue weighted by Gasteiger charge is -2.10. The van der Waals surface area contributed by atoms with Crippen LogP contribution in [0.25, 0.3) is 0 Å². The largest absolute Gasteiger partial charge is 0.374 e. The summed E-state index contributed by atoms with van der Waals surface area (Å²) in [5.74, 6) is 1.51. The Kier molecular flexibility index (Phi) is 8.07. The first kappa shape index (κ1) is 13.1. The van der Waals surface area contributed by atoms with E-state index in [0.29, 0.717) is 0 Å². The molecule has 0 rings (SSSR count). The zero-order valence-corrected chi connectivity index (χ0v) is 9.13. The van der Waals surface area contributed by atoms with Gasteiger partial charge in [-0.1, -0.05) is 13.8 Å². The molecule has 0 aromatic rings. The van der Waals surface area contributed by atoms with Crippen molar-refractivity contribution in [3.05, 3.63) is 12.0 Å². The first-order valence-electron chi connectivity index (χ1n) is 4.88. The Balaban J connectivity index is 3.52. The Bertz CT molecular complexity index is 160. The maximum absolute atomic E-state index is 8.04. The van der Waals surface area contributed by atoms with Crippen LogP contribution in [0.4, 0.5) is 0 Å². The summed E-state index contributed by atoms with van der Waals surface area (Å²) in [6, 6.07) is 0. The molecule has 0 unspecified atom stereocenters. The molecule has 0 aliphatic rings. The second-order valence-corrected chi connectivity index (χ2v) is 3.48. The summed E-state index contributed by atoms with van der Waals surface area (Å²) < 4.78 is 0. The van der Waals surface area contributed by atoms with E-state index in [1.165, 1.54) is 12.6 Å². The molecule has 0 aliphatic heterocycles. The lowest BCUT2D eigenvalue weighted by molar-refractivity contribution is -0.280. The van der Waals surface area contributed by atoms with Crippen LogP contribution in [0.15, 0.2) is 12.0 Å². The van der Waals surface area contributed by atoms with Gasteiger partial charge in [0.15, 0.2) is 0 Å². The maximum Gasteiger partial charge on any atom is 0.117 e. The van der Waals surface area contributed by atoms with E-state index < -0.39 is 0 Å². The van der Waals surface area contributed by atoms with Gasteiger partial charge in [0, 0.05) is 13.6 Å². The van der Waals surface area contributed by atoms with E-state index in [4.69, 9.17) is 5.26 Å². The summed E-state index contributed by atoms with van der Waals surface area (Å²) in [6.45, 7) is 5.31. The quantitative estimate of drug-likeness (QED) is 0.269. The van der Waals surface area contributed by atoms with Crippen LogP contribution in [0, 0.1) is 5.92 Å². The minimum absolute atomic E-state index is 0.734. The predicted octanol–water partition coefficient (Wildman–Crippen LogP) is 1.02. The maximum atomic E-state index is 8.04. The molecule has 0 spiro atoms. The highest BCUT2D eigenvalue weighted by molar-refractivity contribution is 4.92. The Hall–Kier alpha value is -0.940. The third kappa shape index (κ3) is 7.70. The fourth-order valence-corrected chi connectivity index (χ4v) is 1.03. The first-order valence-corrected chi connectivity index (χ1v) is 4.88. The fraction of sp³-hybridized carbons (Fsp3) is 0.778. The molecule has 0 saturated carbocycles. The fourth-order valence-electron chi connectivity index (χ4n) is 1.03. The van der Waals surface area contributed by atoms with Crippen LogP contribution in [-0.2, 0) is 4.99 Å². The molecule has 0 atom stereocenters. The van der Waals surface area contributed by atoms with Crippen molar-refractivity contribution in [2.24, 2.45) is 5.92 Å². The van der Waals surface area contributed by atoms with Gasteiger partial charge in [-0.3, -0.25) is 0 Å². The second-order valence-electron chi connectivity index (χ2n) is 3.48. The molecule has 84 valence electrons. The average Bonchev–Trinajstić information content (AvgIpc) is 2.16. The molecule has 0 saturated heterocycles. The molecule has 0 heterocycles. The molecule has 0 fully saturated rings. The molecule has 14 heavy (non-hydrogen) atoms. The summed E-state index contributed by atoms with van der Waals surface area (Å²) >= 11 is 0. The minimum Gasteiger partial charge on any atom is -0.374 e. The zero-order chi connectivity index (χ0) is 10.8. The number of hydrogen-bond acceptors (Lipinski definition) is 5. The van der Waals surface area contributed by atoms with Crippen LogP contribution < -0.4 is 16.1 Å². The van der Waals surface area contributed by atoms with E-state index in [9.17, 15) is 0 Å². The standard InChI is InChI=1S/C9H21N3O2/c1-8(2)5-4-6-11-9(10-3)7-12-14-13/h7-8,10-13H,4-6H2,1-3H3/b9-7+. The summed E-state index contributed by atoms with van der Waals surface area (Å²) in [5, 5.41) is 14.1. The topological polar surface area (TPSA) is 65.5 Å². The van der Waals surface area contributed by atoms with E-state index in [1.807, 2.05) is 0 Å². The number of hydrogen-bond donors (Lipinski definition) is 4. The highest BCUT2D eigenvalue weighted by Crippen LogP contribution is 2.01. The monoisotopic (exact) mass is 203 g/mol. The zero-order valence-electron chi connectivity index (χ0n) is 9.13. The van der Waals surface area contributed by atoms with Gasteiger partial charge in [0.05, 0.1) is 6.20 Å². The van der Waals surface area contributed by atoms with Crippen molar-refractivity contribution in [1.82, 2.24) is 16.1 Å². The van der Waals surface area contributed by atoms with E-state index in [-0.39, 0.29) is 0 Å². The Morgan fingerprint density at radius 3 is 2.71 bits per heavy atom. The van der Waals surface area contributed by atoms with Crippen LogP contribution in [0.2, 0.25) is 0 Å². The Morgan fingerprint density at radius 2 is 2.21 bits per heavy atom. The first-order chi connectivity index (χ1) is 6.70. The van der Waals surface area contributed by atoms with Crippen LogP contribution in [0.3, 0.4) is 0 Å². The normalized spacial score (nSPS) is 11.6.